The average molecular weight is 272 g/mol. The highest BCUT2D eigenvalue weighted by atomic mass is 16.5. The number of rotatable bonds is 2. The van der Waals surface area contributed by atoms with Gasteiger partial charge in [-0.3, -0.25) is 0 Å². The number of allylic oxidation sites excluding steroid dienone is 1. The van der Waals surface area contributed by atoms with Gasteiger partial charge in [-0.05, 0) is 30.7 Å². The van der Waals surface area contributed by atoms with E-state index in [1.807, 2.05) is 12.1 Å². The van der Waals surface area contributed by atoms with E-state index in [1.165, 1.54) is 11.1 Å². The molecule has 1 aliphatic heterocycles. The van der Waals surface area contributed by atoms with E-state index in [1.54, 1.807) is 7.11 Å². The van der Waals surface area contributed by atoms with Crippen LogP contribution in [0.4, 0.5) is 0 Å². The lowest BCUT2D eigenvalue weighted by atomic mass is 9.64. The summed E-state index contributed by atoms with van der Waals surface area (Å²) >= 11 is 0. The summed E-state index contributed by atoms with van der Waals surface area (Å²) in [5.74, 6) is 3.35. The molecule has 2 aliphatic rings. The van der Waals surface area contributed by atoms with Crippen LogP contribution in [-0.4, -0.2) is 13.7 Å². The van der Waals surface area contributed by atoms with Crippen LogP contribution >= 0.6 is 0 Å². The highest BCUT2D eigenvalue weighted by molar-refractivity contribution is 5.37. The van der Waals surface area contributed by atoms with E-state index < -0.39 is 0 Å². The van der Waals surface area contributed by atoms with E-state index in [-0.39, 0.29) is 6.10 Å². The molecule has 1 aromatic carbocycles. The third-order valence-corrected chi connectivity index (χ3v) is 5.21. The van der Waals surface area contributed by atoms with Crippen molar-refractivity contribution < 1.29 is 9.47 Å². The largest absolute Gasteiger partial charge is 0.496 e. The molecule has 0 aromatic heterocycles. The van der Waals surface area contributed by atoms with Crippen LogP contribution in [0, 0.1) is 23.7 Å². The molecule has 0 radical (unpaired) electrons. The Labute approximate surface area is 121 Å². The first-order valence-corrected chi connectivity index (χ1v) is 7.56. The molecule has 1 aromatic rings. The maximum Gasteiger partial charge on any atom is 0.124 e. The van der Waals surface area contributed by atoms with Crippen LogP contribution in [0.1, 0.15) is 32.4 Å². The molecule has 1 heterocycles. The predicted molar refractivity (Wildman–Crippen MR) is 80.8 cm³/mol. The summed E-state index contributed by atoms with van der Waals surface area (Å²) in [5.41, 5.74) is 2.66. The van der Waals surface area contributed by atoms with Crippen molar-refractivity contribution in [3.8, 4) is 5.75 Å². The molecule has 0 N–H and O–H groups in total. The summed E-state index contributed by atoms with van der Waals surface area (Å²) in [6, 6.07) is 8.26. The molecule has 108 valence electrons. The van der Waals surface area contributed by atoms with Gasteiger partial charge in [-0.2, -0.15) is 0 Å². The van der Waals surface area contributed by atoms with Gasteiger partial charge in [0, 0.05) is 11.5 Å². The van der Waals surface area contributed by atoms with Gasteiger partial charge in [0.25, 0.3) is 0 Å². The summed E-state index contributed by atoms with van der Waals surface area (Å²) in [7, 11) is 1.74. The minimum absolute atomic E-state index is 0.126. The average Bonchev–Trinajstić information content (AvgIpc) is 2.44. The van der Waals surface area contributed by atoms with Crippen molar-refractivity contribution in [2.75, 3.05) is 13.7 Å². The SMILES string of the molecule is COc1ccccc1[C@@H]1OC[C@@H]2[C@@H](C)[C@H]1C(C)=C[C@H]2C. The summed E-state index contributed by atoms with van der Waals surface area (Å²) in [6.45, 7) is 7.80. The molecule has 0 unspecified atom stereocenters. The van der Waals surface area contributed by atoms with Gasteiger partial charge in [0.15, 0.2) is 0 Å². The Morgan fingerprint density at radius 3 is 2.70 bits per heavy atom. The Kier molecular flexibility index (Phi) is 3.59. The molecule has 3 rings (SSSR count). The molecule has 1 saturated heterocycles. The fraction of sp³-hybridized carbons (Fsp3) is 0.556. The predicted octanol–water partition coefficient (Wildman–Crippen LogP) is 4.23. The third kappa shape index (κ3) is 2.07. The number of ether oxygens (including phenoxy) is 2. The molecule has 5 atom stereocenters. The van der Waals surface area contributed by atoms with Gasteiger partial charge in [-0.25, -0.2) is 0 Å². The zero-order chi connectivity index (χ0) is 14.3. The first kappa shape index (κ1) is 13.7. The second-order valence-electron chi connectivity index (χ2n) is 6.31. The molecule has 0 saturated carbocycles. The van der Waals surface area contributed by atoms with E-state index in [0.29, 0.717) is 23.7 Å². The Morgan fingerprint density at radius 1 is 1.20 bits per heavy atom. The lowest BCUT2D eigenvalue weighted by molar-refractivity contribution is -0.0941. The van der Waals surface area contributed by atoms with Crippen molar-refractivity contribution in [1.82, 2.24) is 0 Å². The van der Waals surface area contributed by atoms with Crippen molar-refractivity contribution >= 4 is 0 Å². The fourth-order valence-electron chi connectivity index (χ4n) is 4.13. The number of hydrogen-bond acceptors (Lipinski definition) is 2. The van der Waals surface area contributed by atoms with Crippen molar-refractivity contribution in [1.29, 1.82) is 0 Å². The van der Waals surface area contributed by atoms with E-state index >= 15 is 0 Å². The Bertz CT molecular complexity index is 520. The van der Waals surface area contributed by atoms with E-state index in [0.717, 1.165) is 12.4 Å². The number of methoxy groups -OCH3 is 1. The molecular formula is C18H24O2. The lowest BCUT2D eigenvalue weighted by Crippen LogP contribution is -2.42. The fourth-order valence-corrected chi connectivity index (χ4v) is 4.13. The van der Waals surface area contributed by atoms with E-state index in [4.69, 9.17) is 9.47 Å². The summed E-state index contributed by atoms with van der Waals surface area (Å²) in [6.07, 6.45) is 2.57. The van der Waals surface area contributed by atoms with Crippen molar-refractivity contribution in [3.63, 3.8) is 0 Å². The quantitative estimate of drug-likeness (QED) is 0.750. The first-order chi connectivity index (χ1) is 9.63. The van der Waals surface area contributed by atoms with Crippen molar-refractivity contribution in [2.24, 2.45) is 23.7 Å². The second-order valence-corrected chi connectivity index (χ2v) is 6.31. The van der Waals surface area contributed by atoms with Crippen LogP contribution in [0.25, 0.3) is 0 Å². The summed E-state index contributed by atoms with van der Waals surface area (Å²) < 4.78 is 11.8. The number of benzene rings is 1. The number of fused-ring (bicyclic) bond motifs is 2. The number of para-hydroxylation sites is 1. The van der Waals surface area contributed by atoms with Gasteiger partial charge in [-0.15, -0.1) is 0 Å². The molecule has 1 aliphatic carbocycles. The van der Waals surface area contributed by atoms with Gasteiger partial charge in [-0.1, -0.05) is 43.7 Å². The van der Waals surface area contributed by atoms with Crippen LogP contribution in [-0.2, 0) is 4.74 Å². The van der Waals surface area contributed by atoms with Crippen molar-refractivity contribution in [2.45, 2.75) is 26.9 Å². The maximum atomic E-state index is 6.26. The van der Waals surface area contributed by atoms with Gasteiger partial charge >= 0.3 is 0 Å². The maximum absolute atomic E-state index is 6.26. The van der Waals surface area contributed by atoms with Crippen LogP contribution in [0.5, 0.6) is 5.75 Å². The first-order valence-electron chi connectivity index (χ1n) is 7.56. The molecular weight excluding hydrogens is 248 g/mol. The van der Waals surface area contributed by atoms with Crippen LogP contribution in [0.2, 0.25) is 0 Å². The number of hydrogen-bond donors (Lipinski definition) is 0. The van der Waals surface area contributed by atoms with E-state index in [9.17, 15) is 0 Å². The standard InChI is InChI=1S/C18H24O2/c1-11-9-12(2)17-13(3)15(11)10-20-18(17)14-7-5-6-8-16(14)19-4/h5-9,11,13,15,17-18H,10H2,1-4H3/t11-,13-,15+,17-,18+/m1/s1. The van der Waals surface area contributed by atoms with Gasteiger partial charge < -0.3 is 9.47 Å². The highest BCUT2D eigenvalue weighted by Gasteiger charge is 2.44. The van der Waals surface area contributed by atoms with Gasteiger partial charge in [0.05, 0.1) is 19.8 Å². The van der Waals surface area contributed by atoms with Crippen LogP contribution in [0.15, 0.2) is 35.9 Å². The molecule has 1 fully saturated rings. The van der Waals surface area contributed by atoms with Crippen LogP contribution < -0.4 is 4.74 Å². The molecule has 0 spiro atoms. The minimum Gasteiger partial charge on any atom is -0.496 e. The van der Waals surface area contributed by atoms with Gasteiger partial charge in [0.2, 0.25) is 0 Å². The third-order valence-electron chi connectivity index (χ3n) is 5.21. The smallest absolute Gasteiger partial charge is 0.124 e. The second kappa shape index (κ2) is 5.25. The van der Waals surface area contributed by atoms with Crippen LogP contribution in [0.3, 0.4) is 0 Å². The Hall–Kier alpha value is -1.28. The van der Waals surface area contributed by atoms with E-state index in [2.05, 4.69) is 39.0 Å². The Balaban J connectivity index is 2.01. The molecule has 20 heavy (non-hydrogen) atoms. The minimum atomic E-state index is 0.126. The molecule has 0 amide bonds. The topological polar surface area (TPSA) is 18.5 Å². The molecule has 2 nitrogen and oxygen atoms in total. The zero-order valence-electron chi connectivity index (χ0n) is 12.8. The summed E-state index contributed by atoms with van der Waals surface area (Å²) in [4.78, 5) is 0. The summed E-state index contributed by atoms with van der Waals surface area (Å²) in [5, 5.41) is 0. The molecule has 2 bridgehead atoms. The van der Waals surface area contributed by atoms with Crippen molar-refractivity contribution in [3.05, 3.63) is 41.5 Å². The lowest BCUT2D eigenvalue weighted by Gasteiger charge is -2.47. The highest BCUT2D eigenvalue weighted by Crippen LogP contribution is 2.50. The van der Waals surface area contributed by atoms with Gasteiger partial charge in [0.1, 0.15) is 5.75 Å². The zero-order valence-corrected chi connectivity index (χ0v) is 12.8. The Morgan fingerprint density at radius 2 is 1.95 bits per heavy atom. The monoisotopic (exact) mass is 272 g/mol. The molecule has 2 heteroatoms. The normalized spacial score (nSPS) is 36.4.